The van der Waals surface area contributed by atoms with Crippen LogP contribution in [0.3, 0.4) is 0 Å². The first kappa shape index (κ1) is 12.3. The molecule has 1 aliphatic heterocycles. The molecule has 1 atom stereocenters. The number of nitrogens with zero attached hydrogens (tertiary/aromatic N) is 1. The average Bonchev–Trinajstić information content (AvgIpc) is 2.29. The minimum absolute atomic E-state index is 0.159. The Balaban J connectivity index is 2.39. The molecule has 0 amide bonds. The van der Waals surface area contributed by atoms with Gasteiger partial charge in [-0.1, -0.05) is 12.1 Å². The summed E-state index contributed by atoms with van der Waals surface area (Å²) in [4.78, 5) is 0.175. The van der Waals surface area contributed by atoms with E-state index in [1.54, 1.807) is 18.2 Å². The molecule has 1 unspecified atom stereocenters. The minimum atomic E-state index is -3.51. The highest BCUT2D eigenvalue weighted by Gasteiger charge is 2.32. The van der Waals surface area contributed by atoms with Crippen molar-refractivity contribution in [1.82, 2.24) is 4.31 Å². The molecular formula is C11H16N2O3S. The first-order chi connectivity index (χ1) is 8.03. The Bertz CT molecular complexity index is 501. The second kappa shape index (κ2) is 4.64. The second-order valence-electron chi connectivity index (χ2n) is 4.08. The molecule has 0 radical (unpaired) electrons. The van der Waals surface area contributed by atoms with Crippen LogP contribution in [0.4, 0.5) is 5.69 Å². The van der Waals surface area contributed by atoms with Gasteiger partial charge in [0, 0.05) is 12.6 Å². The van der Waals surface area contributed by atoms with Gasteiger partial charge < -0.3 is 10.5 Å². The van der Waals surface area contributed by atoms with Gasteiger partial charge in [-0.25, -0.2) is 8.42 Å². The molecule has 1 heterocycles. The van der Waals surface area contributed by atoms with Crippen LogP contribution in [0, 0.1) is 0 Å². The summed E-state index contributed by atoms with van der Waals surface area (Å²) in [5, 5.41) is 0. The van der Waals surface area contributed by atoms with E-state index in [2.05, 4.69) is 0 Å². The summed E-state index contributed by atoms with van der Waals surface area (Å²) >= 11 is 0. The molecule has 0 aromatic heterocycles. The first-order valence-electron chi connectivity index (χ1n) is 5.47. The van der Waals surface area contributed by atoms with Crippen molar-refractivity contribution >= 4 is 15.7 Å². The van der Waals surface area contributed by atoms with E-state index >= 15 is 0 Å². The predicted octanol–water partition coefficient (Wildman–Crippen LogP) is 0.678. The molecular weight excluding hydrogens is 240 g/mol. The van der Waals surface area contributed by atoms with Crippen molar-refractivity contribution in [3.05, 3.63) is 24.3 Å². The smallest absolute Gasteiger partial charge is 0.245 e. The zero-order valence-electron chi connectivity index (χ0n) is 9.67. The quantitative estimate of drug-likeness (QED) is 0.790. The minimum Gasteiger partial charge on any atom is -0.398 e. The molecule has 17 heavy (non-hydrogen) atoms. The Morgan fingerprint density at radius 3 is 2.76 bits per heavy atom. The van der Waals surface area contributed by atoms with Crippen molar-refractivity contribution in [1.29, 1.82) is 0 Å². The Kier molecular flexibility index (Phi) is 3.37. The van der Waals surface area contributed by atoms with Crippen LogP contribution in [0.5, 0.6) is 0 Å². The van der Waals surface area contributed by atoms with Gasteiger partial charge in [-0.3, -0.25) is 0 Å². The van der Waals surface area contributed by atoms with Crippen molar-refractivity contribution in [2.75, 3.05) is 25.5 Å². The summed E-state index contributed by atoms with van der Waals surface area (Å²) in [7, 11) is -3.51. The van der Waals surface area contributed by atoms with Crippen molar-refractivity contribution in [3.8, 4) is 0 Å². The molecule has 1 aromatic carbocycles. The maximum Gasteiger partial charge on any atom is 0.245 e. The fourth-order valence-corrected chi connectivity index (χ4v) is 3.63. The normalized spacial score (nSPS) is 22.5. The molecule has 5 nitrogen and oxygen atoms in total. The molecule has 2 rings (SSSR count). The largest absolute Gasteiger partial charge is 0.398 e. The van der Waals surface area contributed by atoms with Gasteiger partial charge in [-0.2, -0.15) is 4.31 Å². The summed E-state index contributed by atoms with van der Waals surface area (Å²) in [5.41, 5.74) is 6.01. The molecule has 1 aromatic rings. The third-order valence-corrected chi connectivity index (χ3v) is 4.90. The SMILES string of the molecule is CC1COCCN1S(=O)(=O)c1ccccc1N. The summed E-state index contributed by atoms with van der Waals surface area (Å²) < 4.78 is 31.5. The highest BCUT2D eigenvalue weighted by molar-refractivity contribution is 7.89. The lowest BCUT2D eigenvalue weighted by molar-refractivity contribution is 0.0393. The van der Waals surface area contributed by atoms with E-state index in [1.807, 2.05) is 6.92 Å². The molecule has 94 valence electrons. The lowest BCUT2D eigenvalue weighted by atomic mass is 10.3. The van der Waals surface area contributed by atoms with Crippen LogP contribution in [0.2, 0.25) is 0 Å². The zero-order valence-corrected chi connectivity index (χ0v) is 10.5. The molecule has 1 aliphatic rings. The molecule has 0 bridgehead atoms. The number of ether oxygens (including phenoxy) is 1. The number of sulfonamides is 1. The fourth-order valence-electron chi connectivity index (χ4n) is 1.91. The third-order valence-electron chi connectivity index (χ3n) is 2.81. The first-order valence-corrected chi connectivity index (χ1v) is 6.91. The Labute approximate surface area is 101 Å². The number of anilines is 1. The number of hydrogen-bond acceptors (Lipinski definition) is 4. The summed E-state index contributed by atoms with van der Waals surface area (Å²) in [6.07, 6.45) is 0. The molecule has 0 saturated carbocycles. The van der Waals surface area contributed by atoms with E-state index in [4.69, 9.17) is 10.5 Å². The fraction of sp³-hybridized carbons (Fsp3) is 0.455. The molecule has 1 saturated heterocycles. The number of benzene rings is 1. The Hall–Kier alpha value is -1.11. The van der Waals surface area contributed by atoms with Gasteiger partial charge in [0.15, 0.2) is 0 Å². The van der Waals surface area contributed by atoms with Crippen molar-refractivity contribution in [3.63, 3.8) is 0 Å². The average molecular weight is 256 g/mol. The number of morpholine rings is 1. The molecule has 0 spiro atoms. The molecule has 0 aliphatic carbocycles. The van der Waals surface area contributed by atoms with Crippen molar-refractivity contribution in [2.24, 2.45) is 0 Å². The predicted molar refractivity (Wildman–Crippen MR) is 65.0 cm³/mol. The van der Waals surface area contributed by atoms with E-state index in [0.717, 1.165) is 0 Å². The number of hydrogen-bond donors (Lipinski definition) is 1. The molecule has 1 fully saturated rings. The van der Waals surface area contributed by atoms with E-state index in [0.29, 0.717) is 19.8 Å². The third kappa shape index (κ3) is 2.29. The van der Waals surface area contributed by atoms with E-state index < -0.39 is 10.0 Å². The van der Waals surface area contributed by atoms with Gasteiger partial charge in [-0.05, 0) is 19.1 Å². The second-order valence-corrected chi connectivity index (χ2v) is 5.94. The van der Waals surface area contributed by atoms with Gasteiger partial charge in [0.25, 0.3) is 0 Å². The summed E-state index contributed by atoms with van der Waals surface area (Å²) in [5.74, 6) is 0. The highest BCUT2D eigenvalue weighted by Crippen LogP contribution is 2.24. The van der Waals surface area contributed by atoms with Gasteiger partial charge in [0.2, 0.25) is 10.0 Å². The lowest BCUT2D eigenvalue weighted by Gasteiger charge is -2.32. The van der Waals surface area contributed by atoms with E-state index in [1.165, 1.54) is 10.4 Å². The summed E-state index contributed by atoms with van der Waals surface area (Å²) in [6, 6.07) is 6.37. The van der Waals surface area contributed by atoms with Gasteiger partial charge in [0.1, 0.15) is 4.90 Å². The van der Waals surface area contributed by atoms with Crippen LogP contribution >= 0.6 is 0 Å². The lowest BCUT2D eigenvalue weighted by Crippen LogP contribution is -2.47. The number of rotatable bonds is 2. The number of nitrogen functional groups attached to an aromatic ring is 1. The van der Waals surface area contributed by atoms with Gasteiger partial charge >= 0.3 is 0 Å². The highest BCUT2D eigenvalue weighted by atomic mass is 32.2. The Morgan fingerprint density at radius 1 is 1.41 bits per heavy atom. The van der Waals surface area contributed by atoms with E-state index in [-0.39, 0.29) is 16.6 Å². The maximum absolute atomic E-state index is 12.4. The van der Waals surface area contributed by atoms with Crippen LogP contribution in [0.25, 0.3) is 0 Å². The van der Waals surface area contributed by atoms with Gasteiger partial charge in [-0.15, -0.1) is 0 Å². The van der Waals surface area contributed by atoms with Crippen molar-refractivity contribution in [2.45, 2.75) is 17.9 Å². The van der Waals surface area contributed by atoms with Crippen LogP contribution in [0.15, 0.2) is 29.2 Å². The van der Waals surface area contributed by atoms with Crippen LogP contribution in [-0.2, 0) is 14.8 Å². The zero-order chi connectivity index (χ0) is 12.5. The number of nitrogens with two attached hydrogens (primary N) is 1. The van der Waals surface area contributed by atoms with Crippen LogP contribution in [-0.4, -0.2) is 38.5 Å². The topological polar surface area (TPSA) is 72.6 Å². The van der Waals surface area contributed by atoms with Crippen LogP contribution in [0.1, 0.15) is 6.92 Å². The Morgan fingerprint density at radius 2 is 2.12 bits per heavy atom. The number of para-hydroxylation sites is 1. The van der Waals surface area contributed by atoms with Crippen LogP contribution < -0.4 is 5.73 Å². The van der Waals surface area contributed by atoms with Gasteiger partial charge in [0.05, 0.1) is 18.9 Å². The maximum atomic E-state index is 12.4. The monoisotopic (exact) mass is 256 g/mol. The summed E-state index contributed by atoms with van der Waals surface area (Å²) in [6.45, 7) is 3.05. The van der Waals surface area contributed by atoms with E-state index in [9.17, 15) is 8.42 Å². The molecule has 2 N–H and O–H groups in total. The standard InChI is InChI=1S/C11H16N2O3S/c1-9-8-16-7-6-13(9)17(14,15)11-5-3-2-4-10(11)12/h2-5,9H,6-8,12H2,1H3. The molecule has 6 heteroatoms. The van der Waals surface area contributed by atoms with Crippen molar-refractivity contribution < 1.29 is 13.2 Å².